The van der Waals surface area contributed by atoms with Crippen LogP contribution >= 0.6 is 15.9 Å². The van der Waals surface area contributed by atoms with Gasteiger partial charge in [-0.25, -0.2) is 0 Å². The lowest BCUT2D eigenvalue weighted by Crippen LogP contribution is -2.47. The zero-order valence-electron chi connectivity index (χ0n) is 9.38. The van der Waals surface area contributed by atoms with Crippen molar-refractivity contribution in [3.8, 4) is 5.75 Å². The van der Waals surface area contributed by atoms with Crippen LogP contribution in [0.25, 0.3) is 0 Å². The molecule has 0 aromatic heterocycles. The molecule has 1 rings (SSSR count). The third-order valence-electron chi connectivity index (χ3n) is 2.20. The molecular formula is C11H13BrF3NO. The summed E-state index contributed by atoms with van der Waals surface area (Å²) in [4.78, 5) is 0. The molecule has 0 saturated carbocycles. The quantitative estimate of drug-likeness (QED) is 0.928. The van der Waals surface area contributed by atoms with Crippen LogP contribution in [0.1, 0.15) is 12.5 Å². The maximum atomic E-state index is 12.7. The molecule has 0 aliphatic carbocycles. The van der Waals surface area contributed by atoms with Crippen molar-refractivity contribution in [2.75, 3.05) is 0 Å². The summed E-state index contributed by atoms with van der Waals surface area (Å²) >= 11 is 3.18. The van der Waals surface area contributed by atoms with Crippen molar-refractivity contribution >= 4 is 15.9 Å². The van der Waals surface area contributed by atoms with Gasteiger partial charge in [0, 0.05) is 10.5 Å². The Morgan fingerprint density at radius 3 is 2.41 bits per heavy atom. The van der Waals surface area contributed by atoms with Crippen molar-refractivity contribution in [2.24, 2.45) is 5.73 Å². The van der Waals surface area contributed by atoms with Gasteiger partial charge in [-0.15, -0.1) is 0 Å². The molecule has 0 heterocycles. The van der Waals surface area contributed by atoms with E-state index in [9.17, 15) is 13.2 Å². The van der Waals surface area contributed by atoms with Gasteiger partial charge in [0.1, 0.15) is 5.75 Å². The molecule has 2 N–H and O–H groups in total. The number of ether oxygens (including phenoxy) is 1. The molecule has 0 amide bonds. The van der Waals surface area contributed by atoms with E-state index in [0.717, 1.165) is 0 Å². The lowest BCUT2D eigenvalue weighted by Gasteiger charge is -2.25. The zero-order valence-corrected chi connectivity index (χ0v) is 11.0. The fourth-order valence-electron chi connectivity index (χ4n) is 1.31. The van der Waals surface area contributed by atoms with Gasteiger partial charge in [0.05, 0.1) is 0 Å². The Morgan fingerprint density at radius 1 is 1.35 bits per heavy atom. The Kier molecular flexibility index (Phi) is 4.43. The lowest BCUT2D eigenvalue weighted by atomic mass is 10.1. The molecule has 6 heteroatoms. The number of rotatable bonds is 3. The van der Waals surface area contributed by atoms with Crippen LogP contribution in [0.15, 0.2) is 22.7 Å². The highest BCUT2D eigenvalue weighted by Gasteiger charge is 2.44. The molecule has 1 aromatic rings. The summed E-state index contributed by atoms with van der Waals surface area (Å²) in [6.07, 6.45) is -6.49. The topological polar surface area (TPSA) is 35.2 Å². The van der Waals surface area contributed by atoms with Crippen molar-refractivity contribution in [3.05, 3.63) is 28.2 Å². The highest BCUT2D eigenvalue weighted by Crippen LogP contribution is 2.30. The van der Waals surface area contributed by atoms with Crippen molar-refractivity contribution in [1.29, 1.82) is 0 Å². The standard InChI is InChI=1S/C11H13BrF3NO/c1-6-3-4-8(12)5-9(6)17-10(7(2)16)11(13,14)15/h3-5,7,10H,16H2,1-2H3. The SMILES string of the molecule is Cc1ccc(Br)cc1OC(C(C)N)C(F)(F)F. The van der Waals surface area contributed by atoms with Gasteiger partial charge in [0.15, 0.2) is 0 Å². The van der Waals surface area contributed by atoms with E-state index in [1.807, 2.05) is 0 Å². The molecule has 17 heavy (non-hydrogen) atoms. The van der Waals surface area contributed by atoms with Crippen LogP contribution < -0.4 is 10.5 Å². The van der Waals surface area contributed by atoms with Gasteiger partial charge in [-0.3, -0.25) is 0 Å². The predicted octanol–water partition coefficient (Wildman–Crippen LogP) is 3.41. The molecular weight excluding hydrogens is 299 g/mol. The summed E-state index contributed by atoms with van der Waals surface area (Å²) in [5, 5.41) is 0. The Hall–Kier alpha value is -0.750. The number of halogens is 4. The van der Waals surface area contributed by atoms with Crippen LogP contribution in [0.2, 0.25) is 0 Å². The Balaban J connectivity index is 2.98. The summed E-state index contributed by atoms with van der Waals surface area (Å²) in [6.45, 7) is 2.95. The molecule has 2 unspecified atom stereocenters. The molecule has 2 atom stereocenters. The molecule has 2 nitrogen and oxygen atoms in total. The van der Waals surface area contributed by atoms with Crippen LogP contribution in [0, 0.1) is 6.92 Å². The average molecular weight is 312 g/mol. The van der Waals surface area contributed by atoms with Crippen LogP contribution in [-0.4, -0.2) is 18.3 Å². The van der Waals surface area contributed by atoms with Gasteiger partial charge >= 0.3 is 6.18 Å². The molecule has 0 aliphatic heterocycles. The van der Waals surface area contributed by atoms with Crippen LogP contribution in [-0.2, 0) is 0 Å². The minimum Gasteiger partial charge on any atom is -0.479 e. The lowest BCUT2D eigenvalue weighted by molar-refractivity contribution is -0.199. The van der Waals surface area contributed by atoms with Gasteiger partial charge in [0.25, 0.3) is 0 Å². The molecule has 96 valence electrons. The van der Waals surface area contributed by atoms with Crippen molar-refractivity contribution in [2.45, 2.75) is 32.2 Å². The van der Waals surface area contributed by atoms with Crippen molar-refractivity contribution in [3.63, 3.8) is 0 Å². The Bertz CT molecular complexity index is 393. The molecule has 0 bridgehead atoms. The van der Waals surface area contributed by atoms with Crippen LogP contribution in [0.3, 0.4) is 0 Å². The first kappa shape index (κ1) is 14.3. The van der Waals surface area contributed by atoms with E-state index in [2.05, 4.69) is 15.9 Å². The predicted molar refractivity (Wildman–Crippen MR) is 63.0 cm³/mol. The van der Waals surface area contributed by atoms with E-state index in [1.54, 1.807) is 19.1 Å². The average Bonchev–Trinajstić information content (AvgIpc) is 2.17. The van der Waals surface area contributed by atoms with E-state index in [4.69, 9.17) is 10.5 Å². The smallest absolute Gasteiger partial charge is 0.426 e. The maximum Gasteiger partial charge on any atom is 0.426 e. The summed E-state index contributed by atoms with van der Waals surface area (Å²) in [5.74, 6) is 0.180. The second-order valence-electron chi connectivity index (χ2n) is 3.85. The monoisotopic (exact) mass is 311 g/mol. The van der Waals surface area contributed by atoms with Gasteiger partial charge in [-0.1, -0.05) is 22.0 Å². The molecule has 0 radical (unpaired) electrons. The van der Waals surface area contributed by atoms with Crippen LogP contribution in [0.4, 0.5) is 13.2 Å². The van der Waals surface area contributed by atoms with E-state index in [1.165, 1.54) is 13.0 Å². The Morgan fingerprint density at radius 2 is 1.94 bits per heavy atom. The second kappa shape index (κ2) is 5.27. The first-order valence-corrected chi connectivity index (χ1v) is 5.76. The highest BCUT2D eigenvalue weighted by atomic mass is 79.9. The Labute approximate surface area is 106 Å². The number of hydrogen-bond acceptors (Lipinski definition) is 2. The number of hydrogen-bond donors (Lipinski definition) is 1. The maximum absolute atomic E-state index is 12.7. The fraction of sp³-hybridized carbons (Fsp3) is 0.455. The summed E-state index contributed by atoms with van der Waals surface area (Å²) in [5.41, 5.74) is 5.93. The molecule has 0 saturated heterocycles. The highest BCUT2D eigenvalue weighted by molar-refractivity contribution is 9.10. The van der Waals surface area contributed by atoms with Gasteiger partial charge in [-0.05, 0) is 31.5 Å². The number of benzene rings is 1. The zero-order chi connectivity index (χ0) is 13.2. The third-order valence-corrected chi connectivity index (χ3v) is 2.70. The summed E-state index contributed by atoms with van der Waals surface area (Å²) in [7, 11) is 0. The molecule has 1 aromatic carbocycles. The molecule has 0 spiro atoms. The van der Waals surface area contributed by atoms with Crippen molar-refractivity contribution < 1.29 is 17.9 Å². The third kappa shape index (κ3) is 3.89. The summed E-state index contributed by atoms with van der Waals surface area (Å²) in [6, 6.07) is 3.77. The second-order valence-corrected chi connectivity index (χ2v) is 4.76. The largest absolute Gasteiger partial charge is 0.479 e. The summed E-state index contributed by atoms with van der Waals surface area (Å²) < 4.78 is 43.6. The minimum atomic E-state index is -4.48. The fourth-order valence-corrected chi connectivity index (χ4v) is 1.65. The van der Waals surface area contributed by atoms with E-state index < -0.39 is 18.3 Å². The normalized spacial score (nSPS) is 15.5. The number of nitrogens with two attached hydrogens (primary N) is 1. The first-order valence-electron chi connectivity index (χ1n) is 4.97. The van der Waals surface area contributed by atoms with E-state index >= 15 is 0 Å². The molecule has 0 aliphatic rings. The van der Waals surface area contributed by atoms with Crippen LogP contribution in [0.5, 0.6) is 5.75 Å². The minimum absolute atomic E-state index is 0.180. The molecule has 0 fully saturated rings. The first-order chi connectivity index (χ1) is 7.71. The number of aryl methyl sites for hydroxylation is 1. The van der Waals surface area contributed by atoms with E-state index in [0.29, 0.717) is 10.0 Å². The van der Waals surface area contributed by atoms with Gasteiger partial charge in [-0.2, -0.15) is 13.2 Å². The van der Waals surface area contributed by atoms with Crippen molar-refractivity contribution in [1.82, 2.24) is 0 Å². The van der Waals surface area contributed by atoms with Gasteiger partial charge in [0.2, 0.25) is 6.10 Å². The van der Waals surface area contributed by atoms with E-state index in [-0.39, 0.29) is 5.75 Å². The number of alkyl halides is 3. The van der Waals surface area contributed by atoms with Gasteiger partial charge < -0.3 is 10.5 Å².